The van der Waals surface area contributed by atoms with E-state index in [1.54, 1.807) is 0 Å². The molecule has 1 unspecified atom stereocenters. The highest BCUT2D eigenvalue weighted by molar-refractivity contribution is 6.75. The molecule has 3 nitrogen and oxygen atoms in total. The van der Waals surface area contributed by atoms with Crippen LogP contribution in [0.4, 0.5) is 0 Å². The van der Waals surface area contributed by atoms with Gasteiger partial charge in [-0.1, -0.05) is 20.0 Å². The first-order valence-corrected chi connectivity index (χ1v) is 9.65. The van der Waals surface area contributed by atoms with Crippen molar-refractivity contribution < 1.29 is 9.53 Å². The van der Waals surface area contributed by atoms with Gasteiger partial charge in [-0.25, -0.2) is 0 Å². The molecule has 16 heavy (non-hydrogen) atoms. The normalized spacial score (nSPS) is 35.1. The van der Waals surface area contributed by atoms with E-state index in [1.165, 1.54) is 12.5 Å². The van der Waals surface area contributed by atoms with E-state index in [4.69, 9.17) is 4.74 Å². The van der Waals surface area contributed by atoms with Gasteiger partial charge < -0.3 is 4.74 Å². The van der Waals surface area contributed by atoms with Crippen molar-refractivity contribution in [3.63, 3.8) is 0 Å². The quantitative estimate of drug-likeness (QED) is 0.550. The first-order chi connectivity index (χ1) is 7.50. The molecule has 0 N–H and O–H groups in total. The van der Waals surface area contributed by atoms with Gasteiger partial charge in [0.05, 0.1) is 0 Å². The summed E-state index contributed by atoms with van der Waals surface area (Å²) in [5.41, 5.74) is -0.248. The van der Waals surface area contributed by atoms with Crippen LogP contribution in [0.2, 0.25) is 19.1 Å². The molecule has 0 bridgehead atoms. The minimum absolute atomic E-state index is 0.00444. The fourth-order valence-electron chi connectivity index (χ4n) is 3.32. The van der Waals surface area contributed by atoms with E-state index in [2.05, 4.69) is 24.6 Å². The van der Waals surface area contributed by atoms with Gasteiger partial charge in [0.2, 0.25) is 0 Å². The third kappa shape index (κ3) is 1.93. The number of hydrogen-bond donors (Lipinski definition) is 0. The Labute approximate surface area is 99.2 Å². The average Bonchev–Trinajstić information content (AvgIpc) is 2.58. The van der Waals surface area contributed by atoms with E-state index >= 15 is 0 Å². The number of carbonyl (C=O) groups excluding carboxylic acids is 1. The van der Waals surface area contributed by atoms with E-state index in [9.17, 15) is 4.79 Å². The second-order valence-corrected chi connectivity index (χ2v) is 10.4. The Morgan fingerprint density at radius 2 is 2.19 bits per heavy atom. The number of carbonyl (C=O) groups is 1. The van der Waals surface area contributed by atoms with Gasteiger partial charge >= 0.3 is 5.97 Å². The number of nitrogens with zero attached hydrogens (tertiary/aromatic N) is 1. The summed E-state index contributed by atoms with van der Waals surface area (Å²) >= 11 is 0. The van der Waals surface area contributed by atoms with Crippen molar-refractivity contribution in [1.29, 1.82) is 0 Å². The van der Waals surface area contributed by atoms with Crippen LogP contribution in [0.3, 0.4) is 0 Å². The highest BCUT2D eigenvalue weighted by Crippen LogP contribution is 2.40. The van der Waals surface area contributed by atoms with Gasteiger partial charge in [0, 0.05) is 12.8 Å². The molecule has 0 aromatic rings. The van der Waals surface area contributed by atoms with Crippen molar-refractivity contribution in [2.24, 2.45) is 0 Å². The van der Waals surface area contributed by atoms with Gasteiger partial charge in [-0.05, 0) is 31.9 Å². The van der Waals surface area contributed by atoms with Crippen LogP contribution in [0.5, 0.6) is 0 Å². The highest BCUT2D eigenvalue weighted by Gasteiger charge is 2.50. The molecule has 0 radical (unpaired) electrons. The Balaban J connectivity index is 2.23. The molecule has 1 atom stereocenters. The number of ether oxygens (including phenoxy) is 1. The molecule has 2 saturated heterocycles. The van der Waals surface area contributed by atoms with E-state index in [0.717, 1.165) is 25.8 Å². The molecule has 0 saturated carbocycles. The lowest BCUT2D eigenvalue weighted by Crippen LogP contribution is -2.60. The monoisotopic (exact) mass is 241 g/mol. The lowest BCUT2D eigenvalue weighted by molar-refractivity contribution is -0.186. The molecule has 2 heterocycles. The molecule has 0 amide bonds. The summed E-state index contributed by atoms with van der Waals surface area (Å²) in [6.07, 6.45) is 4.85. The molecule has 92 valence electrons. The van der Waals surface area contributed by atoms with Crippen molar-refractivity contribution in [1.82, 2.24) is 4.57 Å². The molecule has 2 rings (SSSR count). The van der Waals surface area contributed by atoms with Gasteiger partial charge in [0.25, 0.3) is 0 Å². The second kappa shape index (κ2) is 4.15. The largest absolute Gasteiger partial charge is 0.444 e. The smallest absolute Gasteiger partial charge is 0.307 e. The third-order valence-corrected chi connectivity index (χ3v) is 7.87. The summed E-state index contributed by atoms with van der Waals surface area (Å²) in [5, 5.41) is 0. The van der Waals surface area contributed by atoms with Crippen molar-refractivity contribution in [3.05, 3.63) is 0 Å². The first-order valence-electron chi connectivity index (χ1n) is 6.50. The zero-order valence-corrected chi connectivity index (χ0v) is 11.7. The molecule has 2 fully saturated rings. The Morgan fingerprint density at radius 3 is 2.69 bits per heavy atom. The highest BCUT2D eigenvalue weighted by atomic mass is 28.3. The minimum atomic E-state index is -1.32. The maximum Gasteiger partial charge on any atom is 0.307 e. The van der Waals surface area contributed by atoms with Crippen LogP contribution < -0.4 is 0 Å². The van der Waals surface area contributed by atoms with E-state index < -0.39 is 8.24 Å². The van der Waals surface area contributed by atoms with Crippen molar-refractivity contribution >= 4 is 14.2 Å². The Kier molecular flexibility index (Phi) is 3.14. The van der Waals surface area contributed by atoms with Crippen molar-refractivity contribution in [2.45, 2.75) is 63.9 Å². The molecule has 2 aliphatic heterocycles. The van der Waals surface area contributed by atoms with Crippen LogP contribution >= 0.6 is 0 Å². The number of cyclic esters (lactones) is 1. The van der Waals surface area contributed by atoms with Crippen molar-refractivity contribution in [3.8, 4) is 0 Å². The molecule has 0 spiro atoms. The maximum atomic E-state index is 11.6. The van der Waals surface area contributed by atoms with Gasteiger partial charge in [0.1, 0.15) is 8.24 Å². The summed E-state index contributed by atoms with van der Waals surface area (Å²) in [6.45, 7) is 8.08. The fraction of sp³-hybridized carbons (Fsp3) is 0.917. The first kappa shape index (κ1) is 12.1. The van der Waals surface area contributed by atoms with Crippen LogP contribution in [0.25, 0.3) is 0 Å². The maximum absolute atomic E-state index is 11.6. The predicted molar refractivity (Wildman–Crippen MR) is 66.6 cm³/mol. The zero-order valence-electron chi connectivity index (χ0n) is 10.7. The van der Waals surface area contributed by atoms with Crippen LogP contribution in [0.1, 0.15) is 39.0 Å². The van der Waals surface area contributed by atoms with Gasteiger partial charge in [0.15, 0.2) is 5.72 Å². The van der Waals surface area contributed by atoms with Crippen LogP contribution in [0, 0.1) is 0 Å². The second-order valence-electron chi connectivity index (χ2n) is 5.69. The van der Waals surface area contributed by atoms with E-state index in [-0.39, 0.29) is 11.7 Å². The lowest BCUT2D eigenvalue weighted by atomic mass is 9.99. The third-order valence-electron chi connectivity index (χ3n) is 4.20. The van der Waals surface area contributed by atoms with Crippen LogP contribution in [0.15, 0.2) is 0 Å². The van der Waals surface area contributed by atoms with E-state index in [0.29, 0.717) is 6.42 Å². The molecule has 2 aliphatic rings. The number of rotatable bonds is 2. The Bertz CT molecular complexity index is 293. The van der Waals surface area contributed by atoms with Gasteiger partial charge in [-0.3, -0.25) is 9.36 Å². The molecular weight excluding hydrogens is 218 g/mol. The van der Waals surface area contributed by atoms with Crippen LogP contribution in [-0.2, 0) is 9.53 Å². The fourth-order valence-corrected chi connectivity index (χ4v) is 6.79. The standard InChI is InChI=1S/C12H23NO2Si/c1-4-12(8-5-7-11(14)15-12)13-9-6-10-16(13,2)3/h4-10H2,1-3H3. The summed E-state index contributed by atoms with van der Waals surface area (Å²) < 4.78 is 8.33. The predicted octanol–water partition coefficient (Wildman–Crippen LogP) is 2.73. The average molecular weight is 241 g/mol. The lowest BCUT2D eigenvalue weighted by Gasteiger charge is -2.48. The van der Waals surface area contributed by atoms with Gasteiger partial charge in [-0.15, -0.1) is 0 Å². The Hall–Kier alpha value is -0.353. The molecule has 4 heteroatoms. The zero-order chi connectivity index (χ0) is 11.8. The van der Waals surface area contributed by atoms with Gasteiger partial charge in [-0.2, -0.15) is 0 Å². The van der Waals surface area contributed by atoms with Crippen LogP contribution in [-0.4, -0.2) is 31.0 Å². The molecule has 0 aromatic carbocycles. The molecule has 0 aliphatic carbocycles. The summed E-state index contributed by atoms with van der Waals surface area (Å²) in [7, 11) is -1.32. The summed E-state index contributed by atoms with van der Waals surface area (Å²) in [6, 6.07) is 1.34. The summed E-state index contributed by atoms with van der Waals surface area (Å²) in [5.74, 6) is 0.00444. The van der Waals surface area contributed by atoms with E-state index in [1.807, 2.05) is 0 Å². The topological polar surface area (TPSA) is 29.5 Å². The Morgan fingerprint density at radius 1 is 1.44 bits per heavy atom. The SMILES string of the molecule is CCC1(N2CCC[Si]2(C)C)CCCC(=O)O1. The van der Waals surface area contributed by atoms with Crippen molar-refractivity contribution in [2.75, 3.05) is 6.54 Å². The molecule has 0 aromatic heterocycles. The minimum Gasteiger partial charge on any atom is -0.444 e. The molecular formula is C12H23NO2Si. The summed E-state index contributed by atoms with van der Waals surface area (Å²) in [4.78, 5) is 11.6. The number of hydrogen-bond acceptors (Lipinski definition) is 3. The number of esters is 1.